The smallest absolute Gasteiger partial charge is 0.224 e. The predicted octanol–water partition coefficient (Wildman–Crippen LogP) is 3.19. The zero-order valence-electron chi connectivity index (χ0n) is 11.3. The van der Waals surface area contributed by atoms with Gasteiger partial charge in [0, 0.05) is 19.1 Å². The zero-order chi connectivity index (χ0) is 13.1. The van der Waals surface area contributed by atoms with Gasteiger partial charge in [-0.25, -0.2) is 4.98 Å². The van der Waals surface area contributed by atoms with E-state index in [1.54, 1.807) is 6.20 Å². The lowest BCUT2D eigenvalue weighted by molar-refractivity contribution is 0.602. The van der Waals surface area contributed by atoms with Crippen molar-refractivity contribution in [3.8, 4) is 0 Å². The fraction of sp³-hybridized carbons (Fsp3) is 0.692. The molecule has 1 aliphatic carbocycles. The highest BCUT2D eigenvalue weighted by molar-refractivity contribution is 6.32. The summed E-state index contributed by atoms with van der Waals surface area (Å²) < 4.78 is 0. The molecule has 1 aliphatic rings. The van der Waals surface area contributed by atoms with E-state index in [0.717, 1.165) is 18.9 Å². The molecule has 0 amide bonds. The first-order valence-corrected chi connectivity index (χ1v) is 7.02. The van der Waals surface area contributed by atoms with E-state index < -0.39 is 0 Å². The maximum Gasteiger partial charge on any atom is 0.224 e. The Bertz CT molecular complexity index is 404. The summed E-state index contributed by atoms with van der Waals surface area (Å²) in [5, 5.41) is 3.78. The van der Waals surface area contributed by atoms with Crippen LogP contribution in [0.2, 0.25) is 5.02 Å². The normalized spacial score (nSPS) is 14.9. The highest BCUT2D eigenvalue weighted by Gasteiger charge is 2.31. The first-order chi connectivity index (χ1) is 8.61. The minimum Gasteiger partial charge on any atom is -0.354 e. The van der Waals surface area contributed by atoms with Crippen molar-refractivity contribution in [1.29, 1.82) is 0 Å². The van der Waals surface area contributed by atoms with Crippen molar-refractivity contribution >= 4 is 23.4 Å². The molecule has 0 radical (unpaired) electrons. The van der Waals surface area contributed by atoms with Gasteiger partial charge in [-0.1, -0.05) is 25.4 Å². The third kappa shape index (κ3) is 3.25. The largest absolute Gasteiger partial charge is 0.354 e. The fourth-order valence-corrected chi connectivity index (χ4v) is 2.19. The number of hydrogen-bond donors (Lipinski definition) is 1. The van der Waals surface area contributed by atoms with Gasteiger partial charge in [0.05, 0.1) is 6.20 Å². The minimum atomic E-state index is 0.596. The molecule has 1 saturated carbocycles. The van der Waals surface area contributed by atoms with Crippen LogP contribution in [0.5, 0.6) is 0 Å². The predicted molar refractivity (Wildman–Crippen MR) is 76.4 cm³/mol. The van der Waals surface area contributed by atoms with E-state index in [2.05, 4.69) is 34.0 Å². The molecule has 0 saturated heterocycles. The molecular weight excluding hydrogens is 248 g/mol. The molecule has 0 aliphatic heterocycles. The van der Waals surface area contributed by atoms with Crippen molar-refractivity contribution in [2.75, 3.05) is 23.3 Å². The molecule has 4 nitrogen and oxygen atoms in total. The Morgan fingerprint density at radius 1 is 1.50 bits per heavy atom. The van der Waals surface area contributed by atoms with E-state index in [1.807, 2.05) is 6.92 Å². The standard InChI is InChI=1S/C13H21ClN4/c1-4-15-13-16-7-11(14)12(17-13)18(8-9(2)3)10-5-6-10/h7,9-10H,4-6,8H2,1-3H3,(H,15,16,17). The molecule has 1 aromatic rings. The SMILES string of the molecule is CCNc1ncc(Cl)c(N(CC(C)C)C2CC2)n1. The lowest BCUT2D eigenvalue weighted by atomic mass is 10.2. The van der Waals surface area contributed by atoms with Crippen molar-refractivity contribution in [1.82, 2.24) is 9.97 Å². The molecule has 18 heavy (non-hydrogen) atoms. The molecule has 5 heteroatoms. The highest BCUT2D eigenvalue weighted by atomic mass is 35.5. The van der Waals surface area contributed by atoms with Gasteiger partial charge in [0.2, 0.25) is 5.95 Å². The Morgan fingerprint density at radius 2 is 2.22 bits per heavy atom. The van der Waals surface area contributed by atoms with Crippen molar-refractivity contribution in [2.45, 2.75) is 39.7 Å². The van der Waals surface area contributed by atoms with Crippen LogP contribution in [0.4, 0.5) is 11.8 Å². The third-order valence-corrected chi connectivity index (χ3v) is 3.15. The summed E-state index contributed by atoms with van der Waals surface area (Å²) in [7, 11) is 0. The molecule has 0 unspecified atom stereocenters. The number of rotatable bonds is 6. The van der Waals surface area contributed by atoms with Crippen LogP contribution < -0.4 is 10.2 Å². The molecule has 0 bridgehead atoms. The first-order valence-electron chi connectivity index (χ1n) is 6.64. The van der Waals surface area contributed by atoms with Crippen LogP contribution in [-0.2, 0) is 0 Å². The number of nitrogens with zero attached hydrogens (tertiary/aromatic N) is 3. The van der Waals surface area contributed by atoms with Gasteiger partial charge in [-0.15, -0.1) is 0 Å². The van der Waals surface area contributed by atoms with E-state index >= 15 is 0 Å². The Labute approximate surface area is 114 Å². The summed E-state index contributed by atoms with van der Waals surface area (Å²) >= 11 is 6.25. The first kappa shape index (κ1) is 13.4. The number of aromatic nitrogens is 2. The van der Waals surface area contributed by atoms with E-state index in [0.29, 0.717) is 22.9 Å². The van der Waals surface area contributed by atoms with E-state index in [4.69, 9.17) is 11.6 Å². The summed E-state index contributed by atoms with van der Waals surface area (Å²) in [6.07, 6.45) is 4.17. The second-order valence-electron chi connectivity index (χ2n) is 5.17. The molecule has 2 rings (SSSR count). The van der Waals surface area contributed by atoms with Crippen LogP contribution in [0.25, 0.3) is 0 Å². The van der Waals surface area contributed by atoms with Crippen LogP contribution in [-0.4, -0.2) is 29.1 Å². The molecule has 0 aromatic carbocycles. The van der Waals surface area contributed by atoms with Gasteiger partial charge in [0.25, 0.3) is 0 Å². The van der Waals surface area contributed by atoms with Crippen LogP contribution in [0, 0.1) is 5.92 Å². The lowest BCUT2D eigenvalue weighted by Gasteiger charge is -2.26. The number of halogens is 1. The van der Waals surface area contributed by atoms with Crippen molar-refractivity contribution in [3.63, 3.8) is 0 Å². The molecule has 1 heterocycles. The molecule has 0 atom stereocenters. The zero-order valence-corrected chi connectivity index (χ0v) is 12.0. The monoisotopic (exact) mass is 268 g/mol. The van der Waals surface area contributed by atoms with Gasteiger partial charge >= 0.3 is 0 Å². The summed E-state index contributed by atoms with van der Waals surface area (Å²) in [4.78, 5) is 11.1. The summed E-state index contributed by atoms with van der Waals surface area (Å²) in [6.45, 7) is 8.28. The Kier molecular flexibility index (Phi) is 4.27. The highest BCUT2D eigenvalue weighted by Crippen LogP contribution is 2.35. The van der Waals surface area contributed by atoms with Gasteiger partial charge < -0.3 is 10.2 Å². The van der Waals surface area contributed by atoms with Crippen LogP contribution in [0.15, 0.2) is 6.20 Å². The Balaban J connectivity index is 2.24. The van der Waals surface area contributed by atoms with Crippen molar-refractivity contribution < 1.29 is 0 Å². The minimum absolute atomic E-state index is 0.596. The Hall–Kier alpha value is -1.03. The summed E-state index contributed by atoms with van der Waals surface area (Å²) in [6, 6.07) is 0.606. The average molecular weight is 269 g/mol. The summed E-state index contributed by atoms with van der Waals surface area (Å²) in [5.74, 6) is 2.13. The molecule has 1 fully saturated rings. The fourth-order valence-electron chi connectivity index (χ4n) is 1.99. The van der Waals surface area contributed by atoms with Gasteiger partial charge in [0.15, 0.2) is 5.82 Å². The average Bonchev–Trinajstić information content (AvgIpc) is 3.13. The van der Waals surface area contributed by atoms with Gasteiger partial charge in [-0.2, -0.15) is 4.98 Å². The van der Waals surface area contributed by atoms with E-state index in [9.17, 15) is 0 Å². The van der Waals surface area contributed by atoms with E-state index in [-0.39, 0.29) is 0 Å². The number of hydrogen-bond acceptors (Lipinski definition) is 4. The Morgan fingerprint density at radius 3 is 2.78 bits per heavy atom. The molecule has 1 N–H and O–H groups in total. The van der Waals surface area contributed by atoms with Crippen LogP contribution >= 0.6 is 11.6 Å². The number of anilines is 2. The maximum absolute atomic E-state index is 6.25. The van der Waals surface area contributed by atoms with Crippen molar-refractivity contribution in [3.05, 3.63) is 11.2 Å². The molecular formula is C13H21ClN4. The summed E-state index contributed by atoms with van der Waals surface area (Å²) in [5.41, 5.74) is 0. The van der Waals surface area contributed by atoms with Crippen LogP contribution in [0.1, 0.15) is 33.6 Å². The molecule has 100 valence electrons. The second-order valence-corrected chi connectivity index (χ2v) is 5.58. The van der Waals surface area contributed by atoms with E-state index in [1.165, 1.54) is 12.8 Å². The number of nitrogens with one attached hydrogen (secondary N) is 1. The van der Waals surface area contributed by atoms with Crippen LogP contribution in [0.3, 0.4) is 0 Å². The molecule has 1 aromatic heterocycles. The second kappa shape index (κ2) is 5.74. The quantitative estimate of drug-likeness (QED) is 0.860. The lowest BCUT2D eigenvalue weighted by Crippen LogP contribution is -2.31. The van der Waals surface area contributed by atoms with Crippen molar-refractivity contribution in [2.24, 2.45) is 5.92 Å². The third-order valence-electron chi connectivity index (χ3n) is 2.88. The van der Waals surface area contributed by atoms with Gasteiger partial charge in [-0.3, -0.25) is 0 Å². The topological polar surface area (TPSA) is 41.1 Å². The van der Waals surface area contributed by atoms with Gasteiger partial charge in [-0.05, 0) is 25.7 Å². The van der Waals surface area contributed by atoms with Gasteiger partial charge in [0.1, 0.15) is 5.02 Å². The maximum atomic E-state index is 6.25. The molecule has 0 spiro atoms.